The predicted molar refractivity (Wildman–Crippen MR) is 84.2 cm³/mol. The highest BCUT2D eigenvalue weighted by Gasteiger charge is 2.18. The Kier molecular flexibility index (Phi) is 4.05. The Balaban J connectivity index is 2.32. The average molecular weight is 306 g/mol. The third kappa shape index (κ3) is 4.29. The summed E-state index contributed by atoms with van der Waals surface area (Å²) in [5.74, 6) is 0. The Bertz CT molecular complexity index is 732. The zero-order valence-corrected chi connectivity index (χ0v) is 12.7. The van der Waals surface area contributed by atoms with Crippen molar-refractivity contribution in [3.8, 4) is 11.1 Å². The average Bonchev–Trinajstić information content (AvgIpc) is 2.36. The maximum absolute atomic E-state index is 13.7. The van der Waals surface area contributed by atoms with E-state index in [2.05, 4.69) is 11.6 Å². The molecule has 0 saturated heterocycles. The molecule has 1 unspecified atom stereocenters. The minimum absolute atomic E-state index is 0.492. The van der Waals surface area contributed by atoms with Crippen LogP contribution in [0.3, 0.4) is 0 Å². The fourth-order valence-electron chi connectivity index (χ4n) is 1.99. The molecule has 2 aromatic rings. The molecule has 1 N–H and O–H groups in total. The molecule has 0 heterocycles. The van der Waals surface area contributed by atoms with Gasteiger partial charge in [0, 0.05) is 5.69 Å². The quantitative estimate of drug-likeness (QED) is 0.935. The summed E-state index contributed by atoms with van der Waals surface area (Å²) in [7, 11) is -3.31. The first-order valence-electron chi connectivity index (χ1n) is 6.38. The van der Waals surface area contributed by atoms with Crippen LogP contribution in [0.2, 0.25) is 0 Å². The summed E-state index contributed by atoms with van der Waals surface area (Å²) in [4.78, 5) is 0. The molecule has 0 saturated carbocycles. The summed E-state index contributed by atoms with van der Waals surface area (Å²) >= 11 is 0. The first-order chi connectivity index (χ1) is 9.65. The highest BCUT2D eigenvalue weighted by molar-refractivity contribution is 7.92. The SMILES string of the molecule is [CH2]C(C)(F)c1ccc(-c2cccc(NS(C)(=O)=O)c2)cc1. The second kappa shape index (κ2) is 5.48. The van der Waals surface area contributed by atoms with Crippen LogP contribution in [0.5, 0.6) is 0 Å². The van der Waals surface area contributed by atoms with Crippen LogP contribution in [0.1, 0.15) is 12.5 Å². The summed E-state index contributed by atoms with van der Waals surface area (Å²) in [6, 6.07) is 14.0. The van der Waals surface area contributed by atoms with E-state index in [1.807, 2.05) is 6.07 Å². The van der Waals surface area contributed by atoms with Gasteiger partial charge in [-0.1, -0.05) is 36.4 Å². The van der Waals surface area contributed by atoms with Gasteiger partial charge in [-0.25, -0.2) is 12.8 Å². The highest BCUT2D eigenvalue weighted by Crippen LogP contribution is 2.28. The standard InChI is InChI=1S/C16H17FNO2S/c1-16(2,17)14-9-7-12(8-10-14)13-5-4-6-15(11-13)18-21(3,19)20/h4-11,18H,1H2,2-3H3. The van der Waals surface area contributed by atoms with Crippen LogP contribution in [0.25, 0.3) is 11.1 Å². The van der Waals surface area contributed by atoms with Crippen LogP contribution in [0.4, 0.5) is 10.1 Å². The lowest BCUT2D eigenvalue weighted by molar-refractivity contribution is 0.260. The lowest BCUT2D eigenvalue weighted by Crippen LogP contribution is -2.09. The molecule has 21 heavy (non-hydrogen) atoms. The van der Waals surface area contributed by atoms with Gasteiger partial charge in [-0.3, -0.25) is 4.72 Å². The zero-order valence-electron chi connectivity index (χ0n) is 11.9. The minimum Gasteiger partial charge on any atom is -0.284 e. The summed E-state index contributed by atoms with van der Waals surface area (Å²) in [6.45, 7) is 4.86. The first kappa shape index (κ1) is 15.5. The van der Waals surface area contributed by atoms with Crippen LogP contribution in [0.15, 0.2) is 48.5 Å². The Morgan fingerprint density at radius 1 is 1.10 bits per heavy atom. The molecule has 1 radical (unpaired) electrons. The summed E-state index contributed by atoms with van der Waals surface area (Å²) in [6.07, 6.45) is 1.10. The molecule has 0 aromatic heterocycles. The molecule has 0 aliphatic heterocycles. The Morgan fingerprint density at radius 2 is 1.71 bits per heavy atom. The number of benzene rings is 2. The molecule has 2 aromatic carbocycles. The molecule has 0 aliphatic rings. The van der Waals surface area contributed by atoms with Gasteiger partial charge < -0.3 is 0 Å². The lowest BCUT2D eigenvalue weighted by Gasteiger charge is -2.15. The zero-order chi connectivity index (χ0) is 15.7. The number of halogens is 1. The summed E-state index contributed by atoms with van der Waals surface area (Å²) in [5.41, 5.74) is 1.08. The molecule has 1 atom stereocenters. The third-order valence-electron chi connectivity index (χ3n) is 2.99. The van der Waals surface area contributed by atoms with Crippen molar-refractivity contribution >= 4 is 15.7 Å². The van der Waals surface area contributed by atoms with Gasteiger partial charge in [-0.05, 0) is 42.7 Å². The maximum Gasteiger partial charge on any atom is 0.229 e. The first-order valence-corrected chi connectivity index (χ1v) is 8.27. The van der Waals surface area contributed by atoms with E-state index >= 15 is 0 Å². The second-order valence-corrected chi connectivity index (χ2v) is 6.98. The second-order valence-electron chi connectivity index (χ2n) is 5.23. The van der Waals surface area contributed by atoms with Crippen molar-refractivity contribution in [3.63, 3.8) is 0 Å². The predicted octanol–water partition coefficient (Wildman–Crippen LogP) is 3.74. The van der Waals surface area contributed by atoms with Crippen LogP contribution in [-0.4, -0.2) is 14.7 Å². The van der Waals surface area contributed by atoms with Crippen LogP contribution >= 0.6 is 0 Å². The van der Waals surface area contributed by atoms with Gasteiger partial charge in [-0.15, -0.1) is 0 Å². The minimum atomic E-state index is -3.31. The van der Waals surface area contributed by atoms with Gasteiger partial charge in [0.15, 0.2) is 0 Å². The number of anilines is 1. The van der Waals surface area contributed by atoms with E-state index < -0.39 is 15.7 Å². The molecule has 0 fully saturated rings. The molecular weight excluding hydrogens is 289 g/mol. The highest BCUT2D eigenvalue weighted by atomic mass is 32.2. The van der Waals surface area contributed by atoms with Crippen LogP contribution in [0, 0.1) is 6.92 Å². The van der Waals surface area contributed by atoms with Gasteiger partial charge in [0.2, 0.25) is 10.0 Å². The van der Waals surface area contributed by atoms with Crippen molar-refractivity contribution in [2.75, 3.05) is 11.0 Å². The van der Waals surface area contributed by atoms with Crippen molar-refractivity contribution in [1.82, 2.24) is 0 Å². The molecule has 5 heteroatoms. The lowest BCUT2D eigenvalue weighted by atomic mass is 9.97. The molecule has 0 bridgehead atoms. The molecular formula is C16H17FNO2S. The number of rotatable bonds is 4. The van der Waals surface area contributed by atoms with Gasteiger partial charge in [-0.2, -0.15) is 0 Å². The molecule has 3 nitrogen and oxygen atoms in total. The Hall–Kier alpha value is -1.88. The summed E-state index contributed by atoms with van der Waals surface area (Å²) < 4.78 is 38.6. The molecule has 0 spiro atoms. The van der Waals surface area contributed by atoms with Crippen LogP contribution in [-0.2, 0) is 15.7 Å². The van der Waals surface area contributed by atoms with E-state index in [0.717, 1.165) is 17.4 Å². The molecule has 0 aliphatic carbocycles. The maximum atomic E-state index is 13.7. The fourth-order valence-corrected chi connectivity index (χ4v) is 2.54. The number of alkyl halides is 1. The Labute approximate surface area is 124 Å². The largest absolute Gasteiger partial charge is 0.284 e. The van der Waals surface area contributed by atoms with E-state index in [4.69, 9.17) is 0 Å². The van der Waals surface area contributed by atoms with Gasteiger partial charge >= 0.3 is 0 Å². The van der Waals surface area contributed by atoms with E-state index in [-0.39, 0.29) is 0 Å². The number of nitrogens with one attached hydrogen (secondary N) is 1. The van der Waals surface area contributed by atoms with Crippen molar-refractivity contribution in [2.24, 2.45) is 0 Å². The molecule has 0 amide bonds. The fraction of sp³-hybridized carbons (Fsp3) is 0.188. The normalized spacial score (nSPS) is 12.2. The van der Waals surface area contributed by atoms with Crippen molar-refractivity contribution < 1.29 is 12.8 Å². The van der Waals surface area contributed by atoms with Gasteiger partial charge in [0.1, 0.15) is 5.67 Å². The number of hydrogen-bond donors (Lipinski definition) is 1. The van der Waals surface area contributed by atoms with Gasteiger partial charge in [0.25, 0.3) is 0 Å². The number of hydrogen-bond acceptors (Lipinski definition) is 2. The van der Waals surface area contributed by atoms with E-state index in [1.54, 1.807) is 42.5 Å². The van der Waals surface area contributed by atoms with E-state index in [9.17, 15) is 12.8 Å². The summed E-state index contributed by atoms with van der Waals surface area (Å²) in [5, 5.41) is 0. The molecule has 111 valence electrons. The molecule has 2 rings (SSSR count). The third-order valence-corrected chi connectivity index (χ3v) is 3.59. The monoisotopic (exact) mass is 306 g/mol. The topological polar surface area (TPSA) is 46.2 Å². The van der Waals surface area contributed by atoms with E-state index in [0.29, 0.717) is 11.3 Å². The van der Waals surface area contributed by atoms with Crippen molar-refractivity contribution in [1.29, 1.82) is 0 Å². The van der Waals surface area contributed by atoms with Gasteiger partial charge in [0.05, 0.1) is 6.26 Å². The van der Waals surface area contributed by atoms with Crippen molar-refractivity contribution in [2.45, 2.75) is 12.6 Å². The number of sulfonamides is 1. The van der Waals surface area contributed by atoms with E-state index in [1.165, 1.54) is 6.92 Å². The van der Waals surface area contributed by atoms with Crippen molar-refractivity contribution in [3.05, 3.63) is 61.0 Å². The Morgan fingerprint density at radius 3 is 2.24 bits per heavy atom. The van der Waals surface area contributed by atoms with Crippen LogP contribution < -0.4 is 4.72 Å². The smallest absolute Gasteiger partial charge is 0.229 e.